The standard InChI is InChI=1S/C14H16BrClN2O/c1-9-5-4-6-11(7-15)13(9)19-8-12-10(2)17-18(3)14(12)16/h4-6H,7-8H2,1-3H3. The number of rotatable bonds is 4. The van der Waals surface area contributed by atoms with E-state index in [-0.39, 0.29) is 0 Å². The van der Waals surface area contributed by atoms with E-state index in [9.17, 15) is 0 Å². The first-order chi connectivity index (χ1) is 9.04. The Morgan fingerprint density at radius 1 is 1.37 bits per heavy atom. The van der Waals surface area contributed by atoms with Crippen molar-refractivity contribution >= 4 is 27.5 Å². The van der Waals surface area contributed by atoms with Crippen molar-refractivity contribution in [3.63, 3.8) is 0 Å². The van der Waals surface area contributed by atoms with E-state index >= 15 is 0 Å². The molecular weight excluding hydrogens is 328 g/mol. The van der Waals surface area contributed by atoms with Crippen LogP contribution in [0.15, 0.2) is 18.2 Å². The van der Waals surface area contributed by atoms with Crippen molar-refractivity contribution < 1.29 is 4.74 Å². The second-order valence-electron chi connectivity index (χ2n) is 4.46. The molecule has 0 fully saturated rings. The van der Waals surface area contributed by atoms with Crippen LogP contribution in [-0.4, -0.2) is 9.78 Å². The summed E-state index contributed by atoms with van der Waals surface area (Å²) in [5, 5.41) is 5.68. The van der Waals surface area contributed by atoms with Gasteiger partial charge in [-0.3, -0.25) is 4.68 Å². The predicted molar refractivity (Wildman–Crippen MR) is 81.1 cm³/mol. The highest BCUT2D eigenvalue weighted by Crippen LogP contribution is 2.28. The first-order valence-electron chi connectivity index (χ1n) is 5.99. The Bertz CT molecular complexity index is 595. The van der Waals surface area contributed by atoms with Crippen LogP contribution >= 0.6 is 27.5 Å². The molecule has 19 heavy (non-hydrogen) atoms. The number of nitrogens with zero attached hydrogens (tertiary/aromatic N) is 2. The summed E-state index contributed by atoms with van der Waals surface area (Å²) in [6.45, 7) is 4.41. The van der Waals surface area contributed by atoms with Gasteiger partial charge in [0, 0.05) is 23.5 Å². The zero-order valence-electron chi connectivity index (χ0n) is 11.2. The Labute approximate surface area is 126 Å². The Hall–Kier alpha value is -1.00. The topological polar surface area (TPSA) is 27.1 Å². The van der Waals surface area contributed by atoms with Gasteiger partial charge in [-0.1, -0.05) is 45.7 Å². The van der Waals surface area contributed by atoms with Crippen molar-refractivity contribution in [3.8, 4) is 5.75 Å². The Morgan fingerprint density at radius 3 is 2.68 bits per heavy atom. The summed E-state index contributed by atoms with van der Waals surface area (Å²) in [5.41, 5.74) is 4.10. The van der Waals surface area contributed by atoms with Crippen molar-refractivity contribution in [1.29, 1.82) is 0 Å². The lowest BCUT2D eigenvalue weighted by atomic mass is 10.1. The predicted octanol–water partition coefficient (Wildman–Crippen LogP) is 4.16. The summed E-state index contributed by atoms with van der Waals surface area (Å²) in [5.74, 6) is 0.915. The van der Waals surface area contributed by atoms with Gasteiger partial charge in [-0.2, -0.15) is 5.10 Å². The third kappa shape index (κ3) is 2.95. The molecule has 0 radical (unpaired) electrons. The SMILES string of the molecule is Cc1cccc(CBr)c1OCc1c(C)nn(C)c1Cl. The van der Waals surface area contributed by atoms with Gasteiger partial charge in [-0.15, -0.1) is 0 Å². The van der Waals surface area contributed by atoms with Crippen molar-refractivity contribution in [3.05, 3.63) is 45.7 Å². The van der Waals surface area contributed by atoms with Crippen molar-refractivity contribution in [2.24, 2.45) is 7.05 Å². The second-order valence-corrected chi connectivity index (χ2v) is 5.38. The van der Waals surface area contributed by atoms with E-state index in [1.54, 1.807) is 4.68 Å². The minimum atomic E-state index is 0.434. The van der Waals surface area contributed by atoms with Crippen LogP contribution in [0.2, 0.25) is 5.15 Å². The summed E-state index contributed by atoms with van der Waals surface area (Å²) < 4.78 is 7.62. The monoisotopic (exact) mass is 342 g/mol. The summed E-state index contributed by atoms with van der Waals surface area (Å²) in [4.78, 5) is 0. The highest BCUT2D eigenvalue weighted by atomic mass is 79.9. The number of benzene rings is 1. The van der Waals surface area contributed by atoms with Crippen LogP contribution in [0.25, 0.3) is 0 Å². The van der Waals surface area contributed by atoms with Gasteiger partial charge < -0.3 is 4.74 Å². The maximum Gasteiger partial charge on any atom is 0.133 e. The van der Waals surface area contributed by atoms with Crippen molar-refractivity contribution in [2.45, 2.75) is 25.8 Å². The molecule has 0 atom stereocenters. The maximum atomic E-state index is 6.20. The number of hydrogen-bond acceptors (Lipinski definition) is 2. The number of alkyl halides is 1. The summed E-state index contributed by atoms with van der Waals surface area (Å²) in [7, 11) is 1.83. The van der Waals surface area contributed by atoms with Crippen LogP contribution in [0.1, 0.15) is 22.4 Å². The van der Waals surface area contributed by atoms with Crippen LogP contribution in [-0.2, 0) is 19.0 Å². The third-order valence-electron chi connectivity index (χ3n) is 3.07. The molecule has 102 valence electrons. The van der Waals surface area contributed by atoms with Crippen LogP contribution in [0.4, 0.5) is 0 Å². The third-order valence-corrected chi connectivity index (χ3v) is 4.14. The van der Waals surface area contributed by atoms with Crippen molar-refractivity contribution in [1.82, 2.24) is 9.78 Å². The number of halogens is 2. The molecule has 0 spiro atoms. The van der Waals surface area contributed by atoms with Gasteiger partial charge in [0.05, 0.1) is 5.69 Å². The van der Waals surface area contributed by atoms with Gasteiger partial charge in [0.25, 0.3) is 0 Å². The zero-order valence-corrected chi connectivity index (χ0v) is 13.5. The molecule has 0 N–H and O–H groups in total. The number of aryl methyl sites for hydroxylation is 3. The molecule has 2 aromatic rings. The summed E-state index contributed by atoms with van der Waals surface area (Å²) in [6, 6.07) is 6.12. The van der Waals surface area contributed by atoms with E-state index in [0.29, 0.717) is 11.8 Å². The molecule has 1 heterocycles. The number of ether oxygens (including phenoxy) is 1. The molecule has 0 bridgehead atoms. The Kier molecular flexibility index (Phi) is 4.53. The largest absolute Gasteiger partial charge is 0.488 e. The molecule has 0 aliphatic carbocycles. The fourth-order valence-electron chi connectivity index (χ4n) is 2.01. The van der Waals surface area contributed by atoms with Crippen molar-refractivity contribution in [2.75, 3.05) is 0 Å². The smallest absolute Gasteiger partial charge is 0.133 e. The molecule has 1 aromatic carbocycles. The summed E-state index contributed by atoms with van der Waals surface area (Å²) >= 11 is 9.68. The fraction of sp³-hybridized carbons (Fsp3) is 0.357. The molecule has 2 rings (SSSR count). The average Bonchev–Trinajstić information content (AvgIpc) is 2.62. The average molecular weight is 344 g/mol. The van der Waals surface area contributed by atoms with E-state index in [1.165, 1.54) is 0 Å². The lowest BCUT2D eigenvalue weighted by molar-refractivity contribution is 0.301. The highest BCUT2D eigenvalue weighted by Gasteiger charge is 2.13. The summed E-state index contributed by atoms with van der Waals surface area (Å²) in [6.07, 6.45) is 0. The van der Waals surface area contributed by atoms with Crippen LogP contribution in [0.5, 0.6) is 5.75 Å². The molecule has 1 aromatic heterocycles. The molecule has 3 nitrogen and oxygen atoms in total. The van der Waals surface area contributed by atoms with Gasteiger partial charge in [0.15, 0.2) is 0 Å². The van der Waals surface area contributed by atoms with E-state index in [2.05, 4.69) is 27.1 Å². The molecule has 0 aliphatic heterocycles. The number of aromatic nitrogens is 2. The van der Waals surface area contributed by atoms with Crippen LogP contribution in [0, 0.1) is 13.8 Å². The Balaban J connectivity index is 2.24. The maximum absolute atomic E-state index is 6.20. The molecule has 5 heteroatoms. The van der Waals surface area contributed by atoms with Gasteiger partial charge in [-0.25, -0.2) is 0 Å². The Morgan fingerprint density at radius 2 is 2.11 bits per heavy atom. The van der Waals surface area contributed by atoms with Gasteiger partial charge >= 0.3 is 0 Å². The lowest BCUT2D eigenvalue weighted by Crippen LogP contribution is -2.01. The molecular formula is C14H16BrClN2O. The minimum Gasteiger partial charge on any atom is -0.488 e. The molecule has 0 aliphatic rings. The molecule has 0 saturated heterocycles. The zero-order chi connectivity index (χ0) is 14.0. The quantitative estimate of drug-likeness (QED) is 0.779. The lowest BCUT2D eigenvalue weighted by Gasteiger charge is -2.12. The normalized spacial score (nSPS) is 10.8. The van der Waals surface area contributed by atoms with Gasteiger partial charge in [-0.05, 0) is 19.4 Å². The van der Waals surface area contributed by atoms with Crippen LogP contribution < -0.4 is 4.74 Å². The first-order valence-corrected chi connectivity index (χ1v) is 7.49. The van der Waals surface area contributed by atoms with E-state index in [1.807, 2.05) is 33.0 Å². The van der Waals surface area contributed by atoms with E-state index in [4.69, 9.17) is 16.3 Å². The molecule has 0 amide bonds. The van der Waals surface area contributed by atoms with E-state index in [0.717, 1.165) is 33.5 Å². The highest BCUT2D eigenvalue weighted by molar-refractivity contribution is 9.08. The molecule has 0 saturated carbocycles. The van der Waals surface area contributed by atoms with Crippen LogP contribution in [0.3, 0.4) is 0 Å². The second kappa shape index (κ2) is 5.97. The number of para-hydroxylation sites is 1. The minimum absolute atomic E-state index is 0.434. The van der Waals surface area contributed by atoms with Gasteiger partial charge in [0.1, 0.15) is 17.5 Å². The van der Waals surface area contributed by atoms with E-state index < -0.39 is 0 Å². The first kappa shape index (κ1) is 14.4. The van der Waals surface area contributed by atoms with Gasteiger partial charge in [0.2, 0.25) is 0 Å². The fourth-order valence-corrected chi connectivity index (χ4v) is 2.68. The molecule has 0 unspecified atom stereocenters. The number of hydrogen-bond donors (Lipinski definition) is 0.